The Balaban J connectivity index is 1.84. The summed E-state index contributed by atoms with van der Waals surface area (Å²) in [5, 5.41) is 0.632. The van der Waals surface area contributed by atoms with Gasteiger partial charge >= 0.3 is 11.6 Å². The first-order chi connectivity index (χ1) is 15.3. The molecule has 1 saturated heterocycles. The first-order valence-electron chi connectivity index (χ1n) is 10.0. The molecule has 1 aromatic heterocycles. The van der Waals surface area contributed by atoms with Crippen LogP contribution in [0.2, 0.25) is 0 Å². The fourth-order valence-electron chi connectivity index (χ4n) is 4.66. The molecule has 0 spiro atoms. The van der Waals surface area contributed by atoms with E-state index in [4.69, 9.17) is 37.7 Å². The minimum absolute atomic E-state index is 0.0127. The second-order valence-electron chi connectivity index (χ2n) is 8.13. The summed E-state index contributed by atoms with van der Waals surface area (Å²) in [6, 6.07) is 0.918. The molecule has 0 amide bonds. The van der Waals surface area contributed by atoms with Crippen LogP contribution in [0.25, 0.3) is 10.8 Å². The average molecular weight is 449 g/mol. The maximum Gasteiger partial charge on any atom is 0.347 e. The molecule has 1 aliphatic carbocycles. The molecular formula is C21H23NO10. The first kappa shape index (κ1) is 21.0. The smallest absolute Gasteiger partial charge is 0.347 e. The molecule has 3 aliphatic rings. The lowest BCUT2D eigenvalue weighted by Gasteiger charge is -2.37. The molecule has 11 nitrogen and oxygen atoms in total. The second kappa shape index (κ2) is 7.34. The zero-order valence-corrected chi connectivity index (χ0v) is 18.2. The fourth-order valence-corrected chi connectivity index (χ4v) is 4.66. The van der Waals surface area contributed by atoms with Gasteiger partial charge in [0.1, 0.15) is 29.4 Å². The van der Waals surface area contributed by atoms with Crippen LogP contribution in [0.1, 0.15) is 44.2 Å². The summed E-state index contributed by atoms with van der Waals surface area (Å²) in [6.45, 7) is 4.75. The number of esters is 1. The summed E-state index contributed by atoms with van der Waals surface area (Å²) < 4.78 is 40.1. The molecule has 0 bridgehead atoms. The van der Waals surface area contributed by atoms with Crippen molar-refractivity contribution in [2.75, 3.05) is 21.0 Å². The highest BCUT2D eigenvalue weighted by Crippen LogP contribution is 2.53. The molecule has 11 heteroatoms. The van der Waals surface area contributed by atoms with Gasteiger partial charge < -0.3 is 37.7 Å². The monoisotopic (exact) mass is 449 g/mol. The van der Waals surface area contributed by atoms with Crippen LogP contribution in [0.15, 0.2) is 15.3 Å². The number of ether oxygens (including phenoxy) is 6. The Morgan fingerprint density at radius 1 is 1.22 bits per heavy atom. The third-order valence-electron chi connectivity index (χ3n) is 5.68. The van der Waals surface area contributed by atoms with Crippen LogP contribution in [-0.4, -0.2) is 45.0 Å². The number of hydrogen-bond donors (Lipinski definition) is 1. The summed E-state index contributed by atoms with van der Waals surface area (Å²) in [7, 11) is 2.86. The maximum absolute atomic E-state index is 13.1. The highest BCUT2D eigenvalue weighted by molar-refractivity contribution is 5.95. The largest absolute Gasteiger partial charge is 0.492 e. The van der Waals surface area contributed by atoms with E-state index in [1.165, 1.54) is 21.1 Å². The van der Waals surface area contributed by atoms with Crippen molar-refractivity contribution >= 4 is 16.7 Å². The Morgan fingerprint density at radius 3 is 2.69 bits per heavy atom. The summed E-state index contributed by atoms with van der Waals surface area (Å²) in [5.41, 5.74) is 2.74. The Bertz CT molecular complexity index is 1160. The van der Waals surface area contributed by atoms with E-state index in [2.05, 4.69) is 5.48 Å². The molecule has 5 rings (SSSR count). The zero-order valence-electron chi connectivity index (χ0n) is 18.2. The number of carbonyl (C=O) groups is 1. The number of fused-ring (bicyclic) bond motifs is 6. The minimum atomic E-state index is -1.01. The van der Waals surface area contributed by atoms with Crippen molar-refractivity contribution < 1.29 is 42.5 Å². The quantitative estimate of drug-likeness (QED) is 0.543. The van der Waals surface area contributed by atoms with Crippen molar-refractivity contribution in [1.82, 2.24) is 5.48 Å². The van der Waals surface area contributed by atoms with Gasteiger partial charge in [0.05, 0.1) is 14.2 Å². The van der Waals surface area contributed by atoms with E-state index in [1.54, 1.807) is 19.9 Å². The van der Waals surface area contributed by atoms with Crippen LogP contribution in [-0.2, 0) is 23.8 Å². The molecule has 0 radical (unpaired) electrons. The van der Waals surface area contributed by atoms with E-state index in [-0.39, 0.29) is 23.7 Å². The Labute approximate surface area is 182 Å². The molecule has 3 heterocycles. The Hall–Kier alpha value is -2.86. The van der Waals surface area contributed by atoms with Crippen LogP contribution in [0.5, 0.6) is 17.2 Å². The molecule has 172 valence electrons. The van der Waals surface area contributed by atoms with Crippen LogP contribution < -0.4 is 25.3 Å². The van der Waals surface area contributed by atoms with E-state index in [0.29, 0.717) is 22.4 Å². The van der Waals surface area contributed by atoms with Crippen molar-refractivity contribution in [3.8, 4) is 17.2 Å². The van der Waals surface area contributed by atoms with Gasteiger partial charge in [-0.15, -0.1) is 0 Å². The summed E-state index contributed by atoms with van der Waals surface area (Å²) >= 11 is 0. The normalized spacial score (nSPS) is 27.2. The molecule has 1 fully saturated rings. The van der Waals surface area contributed by atoms with E-state index in [9.17, 15) is 9.59 Å². The standard InChI is InChI=1S/C21H23NO10/c1-8(23)29-17-13(22-26-5)11-9-6-10-14(28-7-27-10)15(25-4)12(9)20(24)30-16(11)18-19(17)32-21(2,3)31-18/h6,13,17-19,22H,7H2,1-5H3/t13-,17+,18+,19-/m1/s1. The third-order valence-corrected chi connectivity index (χ3v) is 5.68. The number of rotatable bonds is 4. The molecule has 4 atom stereocenters. The second-order valence-corrected chi connectivity index (χ2v) is 8.13. The van der Waals surface area contributed by atoms with Gasteiger partial charge in [-0.25, -0.2) is 4.79 Å². The maximum atomic E-state index is 13.1. The fraction of sp³-hybridized carbons (Fsp3) is 0.524. The van der Waals surface area contributed by atoms with Gasteiger partial charge in [-0.3, -0.25) is 4.79 Å². The lowest BCUT2D eigenvalue weighted by molar-refractivity contribution is -0.176. The number of nitrogens with one attached hydrogen (secondary N) is 1. The highest BCUT2D eigenvalue weighted by Gasteiger charge is 2.56. The molecular weight excluding hydrogens is 426 g/mol. The number of hydrogen-bond acceptors (Lipinski definition) is 11. The molecule has 2 aromatic rings. The van der Waals surface area contributed by atoms with Gasteiger partial charge in [-0.2, -0.15) is 5.48 Å². The Kier molecular flexibility index (Phi) is 4.82. The first-order valence-corrected chi connectivity index (χ1v) is 10.0. The van der Waals surface area contributed by atoms with Crippen molar-refractivity contribution in [3.05, 3.63) is 27.8 Å². The number of benzene rings is 1. The van der Waals surface area contributed by atoms with E-state index in [0.717, 1.165) is 0 Å². The lowest BCUT2D eigenvalue weighted by atomic mass is 9.83. The molecule has 1 N–H and O–H groups in total. The number of methoxy groups -OCH3 is 1. The van der Waals surface area contributed by atoms with Gasteiger partial charge in [-0.1, -0.05) is 0 Å². The Morgan fingerprint density at radius 2 is 2.00 bits per heavy atom. The predicted molar refractivity (Wildman–Crippen MR) is 106 cm³/mol. The molecule has 32 heavy (non-hydrogen) atoms. The lowest BCUT2D eigenvalue weighted by Crippen LogP contribution is -2.48. The van der Waals surface area contributed by atoms with Crippen LogP contribution in [0.4, 0.5) is 0 Å². The minimum Gasteiger partial charge on any atom is -0.492 e. The highest BCUT2D eigenvalue weighted by atomic mass is 16.8. The van der Waals surface area contributed by atoms with Crippen molar-refractivity contribution in [2.45, 2.75) is 50.9 Å². The van der Waals surface area contributed by atoms with Gasteiger partial charge in [0, 0.05) is 17.9 Å². The van der Waals surface area contributed by atoms with Gasteiger partial charge in [0.2, 0.25) is 12.5 Å². The van der Waals surface area contributed by atoms with E-state index < -0.39 is 41.7 Å². The zero-order chi connectivity index (χ0) is 22.8. The summed E-state index contributed by atoms with van der Waals surface area (Å²) in [6.07, 6.45) is -2.39. The van der Waals surface area contributed by atoms with Crippen molar-refractivity contribution in [3.63, 3.8) is 0 Å². The van der Waals surface area contributed by atoms with E-state index >= 15 is 0 Å². The SMILES string of the molecule is CON[C@@H]1c2c(oc(=O)c3c(OC)c4c(cc23)OCO4)[C@@H]2OC(C)(C)O[C@@H]2[C@H]1OC(C)=O. The average Bonchev–Trinajstić information content (AvgIpc) is 3.32. The molecule has 2 aliphatic heterocycles. The van der Waals surface area contributed by atoms with Gasteiger partial charge in [0.15, 0.2) is 23.4 Å². The number of carbonyl (C=O) groups excluding carboxylic acids is 1. The van der Waals surface area contributed by atoms with E-state index in [1.807, 2.05) is 0 Å². The topological polar surface area (TPSA) is 124 Å². The third kappa shape index (κ3) is 3.04. The molecule has 0 saturated carbocycles. The predicted octanol–water partition coefficient (Wildman–Crippen LogP) is 1.86. The molecule has 0 unspecified atom stereocenters. The van der Waals surface area contributed by atoms with Crippen molar-refractivity contribution in [1.29, 1.82) is 0 Å². The van der Waals surface area contributed by atoms with Crippen molar-refractivity contribution in [2.24, 2.45) is 0 Å². The van der Waals surface area contributed by atoms with Crippen LogP contribution in [0.3, 0.4) is 0 Å². The van der Waals surface area contributed by atoms with Crippen LogP contribution >= 0.6 is 0 Å². The molecule has 1 aromatic carbocycles. The number of hydroxylamine groups is 1. The van der Waals surface area contributed by atoms with Crippen LogP contribution in [0, 0.1) is 0 Å². The van der Waals surface area contributed by atoms with Gasteiger partial charge in [0.25, 0.3) is 0 Å². The van der Waals surface area contributed by atoms with Gasteiger partial charge in [-0.05, 0) is 19.9 Å². The summed E-state index contributed by atoms with van der Waals surface area (Å²) in [5.74, 6) is -0.351. The summed E-state index contributed by atoms with van der Waals surface area (Å²) in [4.78, 5) is 30.3.